The Balaban J connectivity index is 2.56. The lowest BCUT2D eigenvalue weighted by Gasteiger charge is -2.26. The van der Waals surface area contributed by atoms with Crippen molar-refractivity contribution >= 4 is 11.7 Å². The van der Waals surface area contributed by atoms with Gasteiger partial charge < -0.3 is 15.1 Å². The molecule has 0 aliphatic rings. The maximum atomic E-state index is 10.8. The second-order valence-corrected chi connectivity index (χ2v) is 5.06. The van der Waals surface area contributed by atoms with E-state index in [9.17, 15) is 4.79 Å². The zero-order chi connectivity index (χ0) is 14.8. The van der Waals surface area contributed by atoms with Crippen LogP contribution in [0.2, 0.25) is 0 Å². The average molecular weight is 279 g/mol. The van der Waals surface area contributed by atoms with Gasteiger partial charge in [-0.3, -0.25) is 4.79 Å². The minimum atomic E-state index is -0.760. The predicted octanol–water partition coefficient (Wildman–Crippen LogP) is 2.83. The summed E-state index contributed by atoms with van der Waals surface area (Å²) in [4.78, 5) is 12.9. The van der Waals surface area contributed by atoms with Crippen LogP contribution in [0.15, 0.2) is 24.3 Å². The molecule has 0 saturated carbocycles. The van der Waals surface area contributed by atoms with Gasteiger partial charge in [-0.05, 0) is 31.4 Å². The summed E-state index contributed by atoms with van der Waals surface area (Å²) < 4.78 is 0. The average Bonchev–Trinajstić information content (AvgIpc) is 2.43. The molecule has 0 saturated heterocycles. The third-order valence-corrected chi connectivity index (χ3v) is 3.39. The predicted molar refractivity (Wildman–Crippen MR) is 81.2 cm³/mol. The van der Waals surface area contributed by atoms with E-state index < -0.39 is 5.97 Å². The quantitative estimate of drug-likeness (QED) is 0.647. The lowest BCUT2D eigenvalue weighted by Crippen LogP contribution is -2.28. The van der Waals surface area contributed by atoms with Crippen molar-refractivity contribution in [3.8, 4) is 0 Å². The molecule has 0 aliphatic carbocycles. The van der Waals surface area contributed by atoms with Crippen LogP contribution in [0, 0.1) is 6.92 Å². The number of aliphatic hydroxyl groups excluding tert-OH is 1. The highest BCUT2D eigenvalue weighted by Crippen LogP contribution is 2.20. The Hall–Kier alpha value is -1.55. The zero-order valence-electron chi connectivity index (χ0n) is 12.2. The summed E-state index contributed by atoms with van der Waals surface area (Å²) in [6.45, 7) is 3.71. The molecular weight excluding hydrogens is 254 g/mol. The number of carboxylic acids is 1. The molecule has 112 valence electrons. The number of aliphatic hydroxyl groups is 1. The number of benzene rings is 1. The summed E-state index contributed by atoms with van der Waals surface area (Å²) in [6, 6.07) is 8.08. The molecule has 0 fully saturated rings. The molecule has 0 bridgehead atoms. The normalized spacial score (nSPS) is 10.5. The van der Waals surface area contributed by atoms with Crippen LogP contribution in [0.25, 0.3) is 0 Å². The maximum Gasteiger partial charge on any atom is 0.305 e. The van der Waals surface area contributed by atoms with Gasteiger partial charge in [-0.15, -0.1) is 0 Å². The fraction of sp³-hybridized carbons (Fsp3) is 0.562. The van der Waals surface area contributed by atoms with Crippen LogP contribution < -0.4 is 4.90 Å². The van der Waals surface area contributed by atoms with E-state index in [1.165, 1.54) is 5.56 Å². The van der Waals surface area contributed by atoms with Crippen LogP contribution >= 0.6 is 0 Å². The van der Waals surface area contributed by atoms with E-state index >= 15 is 0 Å². The summed E-state index contributed by atoms with van der Waals surface area (Å²) in [5, 5.41) is 17.6. The number of anilines is 1. The molecule has 0 heterocycles. The summed E-state index contributed by atoms with van der Waals surface area (Å²) >= 11 is 0. The fourth-order valence-corrected chi connectivity index (χ4v) is 2.27. The number of carbonyl (C=O) groups is 1. The highest BCUT2D eigenvalue weighted by Gasteiger charge is 2.10. The van der Waals surface area contributed by atoms with E-state index in [2.05, 4.69) is 17.9 Å². The van der Waals surface area contributed by atoms with E-state index in [1.54, 1.807) is 0 Å². The van der Waals surface area contributed by atoms with Crippen molar-refractivity contribution in [3.05, 3.63) is 29.8 Å². The first kappa shape index (κ1) is 16.5. The van der Waals surface area contributed by atoms with Crippen LogP contribution in [0.1, 0.15) is 37.7 Å². The van der Waals surface area contributed by atoms with Crippen LogP contribution in [-0.4, -0.2) is 35.9 Å². The lowest BCUT2D eigenvalue weighted by molar-refractivity contribution is -0.136. The van der Waals surface area contributed by atoms with E-state index in [0.29, 0.717) is 6.54 Å². The Morgan fingerprint density at radius 3 is 2.45 bits per heavy atom. The zero-order valence-corrected chi connectivity index (χ0v) is 12.2. The highest BCUT2D eigenvalue weighted by atomic mass is 16.4. The van der Waals surface area contributed by atoms with Crippen molar-refractivity contribution in [2.24, 2.45) is 0 Å². The summed E-state index contributed by atoms with van der Waals surface area (Å²) in [6.07, 6.45) is 4.12. The van der Waals surface area contributed by atoms with E-state index in [4.69, 9.17) is 10.2 Å². The van der Waals surface area contributed by atoms with Gasteiger partial charge in [0.2, 0.25) is 0 Å². The van der Waals surface area contributed by atoms with Crippen LogP contribution in [0.3, 0.4) is 0 Å². The van der Waals surface area contributed by atoms with Crippen LogP contribution in [-0.2, 0) is 4.79 Å². The number of unbranched alkanes of at least 4 members (excludes halogenated alkanes) is 3. The SMILES string of the molecule is Cc1ccccc1N(CCCCCCO)CCC(=O)O. The number of para-hydroxylation sites is 1. The Morgan fingerprint density at radius 2 is 1.80 bits per heavy atom. The monoisotopic (exact) mass is 279 g/mol. The second-order valence-electron chi connectivity index (χ2n) is 5.06. The van der Waals surface area contributed by atoms with E-state index in [0.717, 1.165) is 37.9 Å². The van der Waals surface area contributed by atoms with Gasteiger partial charge in [-0.2, -0.15) is 0 Å². The first-order valence-corrected chi connectivity index (χ1v) is 7.28. The van der Waals surface area contributed by atoms with Crippen LogP contribution in [0.5, 0.6) is 0 Å². The van der Waals surface area contributed by atoms with Gasteiger partial charge >= 0.3 is 5.97 Å². The second kappa shape index (κ2) is 9.37. The van der Waals surface area contributed by atoms with Gasteiger partial charge in [0.05, 0.1) is 6.42 Å². The molecule has 0 radical (unpaired) electrons. The largest absolute Gasteiger partial charge is 0.481 e. The molecule has 0 aromatic heterocycles. The van der Waals surface area contributed by atoms with Gasteiger partial charge in [0, 0.05) is 25.4 Å². The molecule has 1 rings (SSSR count). The van der Waals surface area contributed by atoms with Gasteiger partial charge in [-0.1, -0.05) is 31.0 Å². The summed E-state index contributed by atoms with van der Waals surface area (Å²) in [5.41, 5.74) is 2.30. The van der Waals surface area contributed by atoms with Gasteiger partial charge in [0.1, 0.15) is 0 Å². The third kappa shape index (κ3) is 6.06. The molecule has 4 heteroatoms. The first-order chi connectivity index (χ1) is 9.65. The van der Waals surface area contributed by atoms with Crippen molar-refractivity contribution in [2.45, 2.75) is 39.0 Å². The molecule has 1 aromatic rings. The van der Waals surface area contributed by atoms with Gasteiger partial charge in [0.15, 0.2) is 0 Å². The lowest BCUT2D eigenvalue weighted by atomic mass is 10.1. The number of hydrogen-bond acceptors (Lipinski definition) is 3. The van der Waals surface area contributed by atoms with Crippen molar-refractivity contribution in [2.75, 3.05) is 24.6 Å². The van der Waals surface area contributed by atoms with Crippen molar-refractivity contribution in [1.29, 1.82) is 0 Å². The van der Waals surface area contributed by atoms with Crippen molar-refractivity contribution in [3.63, 3.8) is 0 Å². The standard InChI is InChI=1S/C16H25NO3/c1-14-8-4-5-9-15(14)17(12-10-16(19)20)11-6-2-3-7-13-18/h4-5,8-9,18H,2-3,6-7,10-13H2,1H3,(H,19,20). The molecule has 0 unspecified atom stereocenters. The number of aryl methyl sites for hydroxylation is 1. The number of nitrogens with zero attached hydrogens (tertiary/aromatic N) is 1. The molecule has 0 aliphatic heterocycles. The minimum absolute atomic E-state index is 0.158. The van der Waals surface area contributed by atoms with Crippen LogP contribution in [0.4, 0.5) is 5.69 Å². The summed E-state index contributed by atoms with van der Waals surface area (Å²) in [7, 11) is 0. The molecule has 0 amide bonds. The Labute approximate surface area is 121 Å². The summed E-state index contributed by atoms with van der Waals surface area (Å²) in [5.74, 6) is -0.760. The molecule has 1 aromatic carbocycles. The highest BCUT2D eigenvalue weighted by molar-refractivity contribution is 5.68. The molecular formula is C16H25NO3. The molecule has 0 spiro atoms. The van der Waals surface area contributed by atoms with Crippen molar-refractivity contribution < 1.29 is 15.0 Å². The molecule has 0 atom stereocenters. The number of aliphatic carboxylic acids is 1. The Bertz CT molecular complexity index is 406. The fourth-order valence-electron chi connectivity index (χ4n) is 2.27. The third-order valence-electron chi connectivity index (χ3n) is 3.39. The van der Waals surface area contributed by atoms with E-state index in [1.807, 2.05) is 18.2 Å². The van der Waals surface area contributed by atoms with Gasteiger partial charge in [-0.25, -0.2) is 0 Å². The molecule has 20 heavy (non-hydrogen) atoms. The van der Waals surface area contributed by atoms with Gasteiger partial charge in [0.25, 0.3) is 0 Å². The van der Waals surface area contributed by atoms with E-state index in [-0.39, 0.29) is 13.0 Å². The Morgan fingerprint density at radius 1 is 1.10 bits per heavy atom. The Kier molecular flexibility index (Phi) is 7.73. The molecule has 4 nitrogen and oxygen atoms in total. The van der Waals surface area contributed by atoms with Crippen molar-refractivity contribution in [1.82, 2.24) is 0 Å². The first-order valence-electron chi connectivity index (χ1n) is 7.28. The topological polar surface area (TPSA) is 60.8 Å². The minimum Gasteiger partial charge on any atom is -0.481 e. The maximum absolute atomic E-state index is 10.8. The number of rotatable bonds is 10. The number of carboxylic acid groups (broad SMARTS) is 1. The molecule has 2 N–H and O–H groups in total. The number of hydrogen-bond donors (Lipinski definition) is 2. The smallest absolute Gasteiger partial charge is 0.305 e.